The largest absolute Gasteiger partial charge is 0.397 e. The van der Waals surface area contributed by atoms with Crippen LogP contribution in [0.2, 0.25) is 0 Å². The first-order valence-electron chi connectivity index (χ1n) is 7.68. The molecular weight excluding hydrogens is 311 g/mol. The Bertz CT molecular complexity index is 648. The molecule has 23 heavy (non-hydrogen) atoms. The second-order valence-corrected chi connectivity index (χ2v) is 6.42. The Hall–Kier alpha value is -2.01. The Kier molecular flexibility index (Phi) is 6.94. The molecule has 0 aliphatic carbocycles. The minimum absolute atomic E-state index is 0.0133. The van der Waals surface area contributed by atoms with Gasteiger partial charge in [-0.05, 0) is 48.9 Å². The molecule has 0 atom stereocenters. The van der Waals surface area contributed by atoms with Crippen LogP contribution >= 0.6 is 11.8 Å². The maximum Gasteiger partial charge on any atom is 0.224 e. The van der Waals surface area contributed by atoms with Crippen LogP contribution in [0.25, 0.3) is 0 Å². The molecule has 2 aromatic carbocycles. The monoisotopic (exact) mass is 332 g/mol. The average molecular weight is 332 g/mol. The van der Waals surface area contributed by atoms with Crippen LogP contribution in [0.5, 0.6) is 0 Å². The zero-order valence-electron chi connectivity index (χ0n) is 12.9. The van der Waals surface area contributed by atoms with Gasteiger partial charge in [0.15, 0.2) is 0 Å². The predicted molar refractivity (Wildman–Crippen MR) is 95.1 cm³/mol. The minimum atomic E-state index is -0.202. The molecule has 0 heterocycles. The van der Waals surface area contributed by atoms with E-state index in [9.17, 15) is 9.18 Å². The molecule has 2 aromatic rings. The van der Waals surface area contributed by atoms with Crippen molar-refractivity contribution in [2.75, 3.05) is 16.8 Å². The Morgan fingerprint density at radius 2 is 1.91 bits per heavy atom. The number of thioether (sulfide) groups is 1. The molecule has 3 N–H and O–H groups in total. The van der Waals surface area contributed by atoms with Crippen molar-refractivity contribution >= 4 is 29.0 Å². The number of carbonyl (C=O) groups excluding carboxylic acids is 1. The van der Waals surface area contributed by atoms with Crippen molar-refractivity contribution in [3.63, 3.8) is 0 Å². The van der Waals surface area contributed by atoms with Crippen molar-refractivity contribution in [3.05, 3.63) is 54.3 Å². The van der Waals surface area contributed by atoms with Crippen LogP contribution in [0.4, 0.5) is 15.8 Å². The fourth-order valence-corrected chi connectivity index (χ4v) is 3.09. The summed E-state index contributed by atoms with van der Waals surface area (Å²) in [4.78, 5) is 12.8. The zero-order chi connectivity index (χ0) is 16.5. The maximum absolute atomic E-state index is 13.0. The summed E-state index contributed by atoms with van der Waals surface area (Å²) in [6, 6.07) is 13.9. The third kappa shape index (κ3) is 6.32. The summed E-state index contributed by atoms with van der Waals surface area (Å²) in [5, 5.41) is 2.82. The number of benzene rings is 2. The minimum Gasteiger partial charge on any atom is -0.397 e. The molecule has 0 saturated carbocycles. The van der Waals surface area contributed by atoms with Crippen LogP contribution in [0, 0.1) is 5.82 Å². The Labute approximate surface area is 140 Å². The summed E-state index contributed by atoms with van der Waals surface area (Å²) in [7, 11) is 0. The first-order chi connectivity index (χ1) is 11.1. The second-order valence-electron chi connectivity index (χ2n) is 5.25. The van der Waals surface area contributed by atoms with E-state index in [1.54, 1.807) is 36.0 Å². The molecule has 0 bridgehead atoms. The highest BCUT2D eigenvalue weighted by Crippen LogP contribution is 2.21. The zero-order valence-corrected chi connectivity index (χ0v) is 13.7. The van der Waals surface area contributed by atoms with Gasteiger partial charge in [-0.15, -0.1) is 11.8 Å². The van der Waals surface area contributed by atoms with E-state index in [0.29, 0.717) is 17.8 Å². The number of rotatable bonds is 8. The first kappa shape index (κ1) is 17.3. The molecule has 2 rings (SSSR count). The molecule has 0 saturated heterocycles. The smallest absolute Gasteiger partial charge is 0.224 e. The molecule has 0 aromatic heterocycles. The summed E-state index contributed by atoms with van der Waals surface area (Å²) >= 11 is 1.64. The Balaban J connectivity index is 1.58. The molecular formula is C18H21FN2OS. The maximum atomic E-state index is 13.0. The molecule has 5 heteroatoms. The summed E-state index contributed by atoms with van der Waals surface area (Å²) in [5.74, 6) is 0.712. The quantitative estimate of drug-likeness (QED) is 0.418. The fourth-order valence-electron chi connectivity index (χ4n) is 2.13. The van der Waals surface area contributed by atoms with E-state index in [1.165, 1.54) is 6.07 Å². The molecule has 122 valence electrons. The second kappa shape index (κ2) is 9.20. The van der Waals surface area contributed by atoms with Gasteiger partial charge >= 0.3 is 0 Å². The van der Waals surface area contributed by atoms with Crippen LogP contribution < -0.4 is 11.1 Å². The van der Waals surface area contributed by atoms with Crippen molar-refractivity contribution in [2.45, 2.75) is 30.6 Å². The van der Waals surface area contributed by atoms with Crippen LogP contribution in [0.1, 0.15) is 25.7 Å². The summed E-state index contributed by atoms with van der Waals surface area (Å²) in [6.07, 6.45) is 3.29. The van der Waals surface area contributed by atoms with E-state index in [2.05, 4.69) is 5.32 Å². The molecule has 0 aliphatic rings. The molecule has 3 nitrogen and oxygen atoms in total. The van der Waals surface area contributed by atoms with Crippen LogP contribution in [-0.2, 0) is 4.79 Å². The molecule has 0 aliphatic heterocycles. The normalized spacial score (nSPS) is 10.5. The number of anilines is 2. The number of nitrogens with one attached hydrogen (secondary N) is 1. The topological polar surface area (TPSA) is 55.1 Å². The van der Waals surface area contributed by atoms with Gasteiger partial charge in [0.25, 0.3) is 0 Å². The lowest BCUT2D eigenvalue weighted by Crippen LogP contribution is -2.12. The van der Waals surface area contributed by atoms with Gasteiger partial charge < -0.3 is 11.1 Å². The number of halogens is 1. The van der Waals surface area contributed by atoms with Crippen molar-refractivity contribution in [1.82, 2.24) is 0 Å². The average Bonchev–Trinajstić information content (AvgIpc) is 2.53. The van der Waals surface area contributed by atoms with Crippen molar-refractivity contribution < 1.29 is 9.18 Å². The molecule has 0 spiro atoms. The van der Waals surface area contributed by atoms with Gasteiger partial charge in [0.1, 0.15) is 5.82 Å². The van der Waals surface area contributed by atoms with Crippen molar-refractivity contribution in [1.29, 1.82) is 0 Å². The number of unbranched alkanes of at least 4 members (excludes halogenated alkanes) is 2. The predicted octanol–water partition coefficient (Wildman–Crippen LogP) is 4.70. The van der Waals surface area contributed by atoms with Gasteiger partial charge in [-0.3, -0.25) is 4.79 Å². The number of nitrogens with two attached hydrogens (primary N) is 1. The number of amides is 1. The lowest BCUT2D eigenvalue weighted by molar-refractivity contribution is -0.116. The van der Waals surface area contributed by atoms with E-state index >= 15 is 0 Å². The van der Waals surface area contributed by atoms with Crippen LogP contribution in [0.3, 0.4) is 0 Å². The van der Waals surface area contributed by atoms with Crippen molar-refractivity contribution in [3.8, 4) is 0 Å². The van der Waals surface area contributed by atoms with Crippen LogP contribution in [-0.4, -0.2) is 11.7 Å². The number of nitrogen functional groups attached to an aromatic ring is 1. The summed E-state index contributed by atoms with van der Waals surface area (Å²) < 4.78 is 13.0. The molecule has 0 radical (unpaired) electrons. The first-order valence-corrected chi connectivity index (χ1v) is 8.66. The fraction of sp³-hybridized carbons (Fsp3) is 0.278. The number of hydrogen-bond acceptors (Lipinski definition) is 3. The summed E-state index contributed by atoms with van der Waals surface area (Å²) in [5.41, 5.74) is 7.03. The molecule has 0 unspecified atom stereocenters. The standard InChI is InChI=1S/C18H21FN2OS/c19-14-7-6-8-15(13-14)23-12-5-1-2-11-18(22)21-17-10-4-3-9-16(17)20/h3-4,6-10,13H,1-2,5,11-12,20H2,(H,21,22). The highest BCUT2D eigenvalue weighted by Gasteiger charge is 2.04. The van der Waals surface area contributed by atoms with E-state index in [0.717, 1.165) is 29.9 Å². The van der Waals surface area contributed by atoms with Gasteiger partial charge in [0.2, 0.25) is 5.91 Å². The number of para-hydroxylation sites is 2. The lowest BCUT2D eigenvalue weighted by Gasteiger charge is -2.07. The third-order valence-corrected chi connectivity index (χ3v) is 4.43. The van der Waals surface area contributed by atoms with Gasteiger partial charge in [0, 0.05) is 11.3 Å². The number of carbonyl (C=O) groups is 1. The Morgan fingerprint density at radius 1 is 1.09 bits per heavy atom. The number of hydrogen-bond donors (Lipinski definition) is 2. The highest BCUT2D eigenvalue weighted by atomic mass is 32.2. The van der Waals surface area contributed by atoms with Gasteiger partial charge in [-0.1, -0.05) is 24.6 Å². The highest BCUT2D eigenvalue weighted by molar-refractivity contribution is 7.99. The summed E-state index contributed by atoms with van der Waals surface area (Å²) in [6.45, 7) is 0. The van der Waals surface area contributed by atoms with Crippen LogP contribution in [0.15, 0.2) is 53.4 Å². The lowest BCUT2D eigenvalue weighted by atomic mass is 10.2. The van der Waals surface area contributed by atoms with E-state index in [4.69, 9.17) is 5.73 Å². The third-order valence-electron chi connectivity index (χ3n) is 3.35. The van der Waals surface area contributed by atoms with Gasteiger partial charge in [-0.25, -0.2) is 4.39 Å². The Morgan fingerprint density at radius 3 is 2.70 bits per heavy atom. The SMILES string of the molecule is Nc1ccccc1NC(=O)CCCCCSc1cccc(F)c1. The van der Waals surface area contributed by atoms with Gasteiger partial charge in [0.05, 0.1) is 11.4 Å². The van der Waals surface area contributed by atoms with Crippen molar-refractivity contribution in [2.24, 2.45) is 0 Å². The van der Waals surface area contributed by atoms with E-state index in [-0.39, 0.29) is 11.7 Å². The van der Waals surface area contributed by atoms with Gasteiger partial charge in [-0.2, -0.15) is 0 Å². The molecule has 0 fully saturated rings. The van der Waals surface area contributed by atoms with E-state index in [1.807, 2.05) is 18.2 Å². The molecule has 1 amide bonds. The van der Waals surface area contributed by atoms with E-state index < -0.39 is 0 Å².